The van der Waals surface area contributed by atoms with Gasteiger partial charge in [-0.25, -0.2) is 0 Å². The number of rotatable bonds is 28. The van der Waals surface area contributed by atoms with E-state index in [1.54, 1.807) is 0 Å². The first kappa shape index (κ1) is 88.8. The van der Waals surface area contributed by atoms with E-state index in [4.69, 9.17) is 108 Å². The van der Waals surface area contributed by atoms with Gasteiger partial charge in [0.1, 0.15) is 110 Å². The van der Waals surface area contributed by atoms with E-state index < -0.39 is 210 Å². The first-order chi connectivity index (χ1) is 50.8. The highest BCUT2D eigenvalue weighted by atomic mass is 32.1. The molecule has 0 spiro atoms. The van der Waals surface area contributed by atoms with Gasteiger partial charge in [-0.1, -0.05) is 12.8 Å². The van der Waals surface area contributed by atoms with Crippen molar-refractivity contribution in [3.05, 3.63) is 0 Å². The molecule has 14 fully saturated rings. The molecule has 45 heteroatoms. The van der Waals surface area contributed by atoms with Crippen molar-refractivity contribution in [1.29, 1.82) is 0 Å². The Bertz CT molecular complexity index is 2530. The molecule has 30 atom stereocenters. The van der Waals surface area contributed by atoms with Crippen molar-refractivity contribution in [2.45, 2.75) is 210 Å². The van der Waals surface area contributed by atoms with Gasteiger partial charge in [-0.3, -0.25) is 9.80 Å². The van der Waals surface area contributed by atoms with Gasteiger partial charge >= 0.3 is 0 Å². The Labute approximate surface area is 639 Å². The summed E-state index contributed by atoms with van der Waals surface area (Å²) in [5, 5.41) is 223. The maximum absolute atomic E-state index is 11.5. The number of aliphatic hydroxyl groups is 18. The molecular formula is C61H110N12O28S5. The first-order valence-corrected chi connectivity index (χ1v) is 37.8. The highest BCUT2D eigenvalue weighted by Crippen LogP contribution is 2.37. The summed E-state index contributed by atoms with van der Waals surface area (Å²) in [4.78, 5) is 4.08. The van der Waals surface area contributed by atoms with Gasteiger partial charge in [0.25, 0.3) is 0 Å². The molecule has 14 aliphatic heterocycles. The van der Waals surface area contributed by atoms with Crippen molar-refractivity contribution in [2.75, 3.05) is 131 Å². The zero-order valence-corrected chi connectivity index (χ0v) is 62.4. The molecule has 40 nitrogen and oxygen atoms in total. The number of ether oxygens (including phenoxy) is 10. The second kappa shape index (κ2) is 44.1. The summed E-state index contributed by atoms with van der Waals surface area (Å²) >= 11 is 28.1. The Hall–Kier alpha value is -2.75. The molecule has 14 rings (SSSR count). The summed E-state index contributed by atoms with van der Waals surface area (Å²) < 4.78 is 58.5. The second-order valence-corrected chi connectivity index (χ2v) is 29.2. The largest absolute Gasteiger partial charge is 0.394 e. The van der Waals surface area contributed by atoms with Gasteiger partial charge in [0.15, 0.2) is 63.2 Å². The standard InChI is InChI=1S/C61H110N12O28S5/c74-23-31-37(80)39(82)43(86)51(94-31)70-60(105)66-11-17-73(18-12-67-61(106)71-52-44(87)40(83)38(81)32(24-75)95-52)14-8-63-57(102)62-7-13-72(15-9-64-58(103)68-21-29-27-5-1-3-19-92-53-47(90)41(84)49(33(25-76)98-53)100-55(96-29)45(88)35(27)78)16-10-65-59(104)69-22-30-28-6-2-4-20-93-54-48(91)42(85)50(34(26-77)99-54)101-56(97-30)46(89)36(28)79/h27-56,74-91H,1-26H2,(H2,62,63,102)(H2,64,68,103)(H2,65,69,104)(H2,66,70,105)(H2,67,71,106)/t27?,28?,29?,30?,31?,32?,33?,34?,35?,36?,37-,38-,39-,40-,41?,42?,43?,44?,45?,46?,47?,48?,49?,50?,51+,52+,53+,54+,55-,56-/m0/s1. The first-order valence-electron chi connectivity index (χ1n) is 35.8. The van der Waals surface area contributed by atoms with E-state index in [-0.39, 0.29) is 59.8 Å². The minimum atomic E-state index is -1.64. The number of aliphatic hydroxyl groups excluding tert-OH is 18. The Kier molecular flexibility index (Phi) is 36.9. The van der Waals surface area contributed by atoms with Crippen molar-refractivity contribution < 1.29 is 139 Å². The van der Waals surface area contributed by atoms with E-state index in [1.807, 2.05) is 4.90 Å². The molecule has 0 aromatic carbocycles. The Morgan fingerprint density at radius 2 is 0.594 bits per heavy atom. The Balaban J connectivity index is 0.868. The molecule has 0 aliphatic carbocycles. The molecule has 0 saturated carbocycles. The van der Waals surface area contributed by atoms with Crippen LogP contribution in [0.4, 0.5) is 0 Å². The minimum Gasteiger partial charge on any atom is -0.394 e. The highest BCUT2D eigenvalue weighted by Gasteiger charge is 2.54. The van der Waals surface area contributed by atoms with Crippen molar-refractivity contribution in [1.82, 2.24) is 63.0 Å². The quantitative estimate of drug-likeness (QED) is 0.0324. The van der Waals surface area contributed by atoms with Gasteiger partial charge in [-0.2, -0.15) is 0 Å². The Morgan fingerprint density at radius 1 is 0.292 bits per heavy atom. The summed E-state index contributed by atoms with van der Waals surface area (Å²) in [6, 6.07) is 0. The van der Waals surface area contributed by atoms with E-state index in [0.29, 0.717) is 109 Å². The zero-order chi connectivity index (χ0) is 76.9. The van der Waals surface area contributed by atoms with Crippen LogP contribution < -0.4 is 53.2 Å². The number of hydrogen-bond donors (Lipinski definition) is 28. The monoisotopic (exact) mass is 1620 g/mol. The molecule has 14 saturated heterocycles. The van der Waals surface area contributed by atoms with E-state index in [2.05, 4.69) is 58.1 Å². The smallest absolute Gasteiger partial charge is 0.186 e. The lowest BCUT2D eigenvalue weighted by atomic mass is 9.84. The molecule has 0 aromatic rings. The lowest BCUT2D eigenvalue weighted by Crippen LogP contribution is -2.64. The average molecular weight is 1620 g/mol. The highest BCUT2D eigenvalue weighted by molar-refractivity contribution is 7.81. The summed E-state index contributed by atoms with van der Waals surface area (Å²) in [6.07, 6.45) is -36.2. The maximum Gasteiger partial charge on any atom is 0.186 e. The number of nitrogens with one attached hydrogen (secondary N) is 10. The molecule has 8 bridgehead atoms. The third-order valence-corrected chi connectivity index (χ3v) is 21.3. The van der Waals surface area contributed by atoms with Crippen LogP contribution in [0.5, 0.6) is 0 Å². The van der Waals surface area contributed by atoms with E-state index in [1.165, 1.54) is 0 Å². The van der Waals surface area contributed by atoms with Crippen LogP contribution in [0.15, 0.2) is 0 Å². The zero-order valence-electron chi connectivity index (χ0n) is 58.3. The Morgan fingerprint density at radius 3 is 0.925 bits per heavy atom. The van der Waals surface area contributed by atoms with Gasteiger partial charge in [0, 0.05) is 117 Å². The second-order valence-electron chi connectivity index (χ2n) is 27.2. The summed E-state index contributed by atoms with van der Waals surface area (Å²) in [6.45, 7) is 1.68. The SMILES string of the molecule is OCC1O[C@H]2OCCCCC3C(CNC(=S)NCCN(CCNC(=S)NCCN(CCNC(=S)N[C@@H]4OC(CO)[C@H](O)[C@H](O)C4O)CCNC(=S)N[C@@H]4OC(CO)[C@H](O)[C@H](O)C4O)CCNC(=S)NCC4O[C@H]5OC6C(CO)O[C@@H](OCCCCC4C(O)C5O)C(O)C6O)O[C@@H](OC1C(O)C2O)C(O)C3O. The topological polar surface area (TPSA) is 583 Å². The third kappa shape index (κ3) is 24.6. The number of hydrogen-bond acceptors (Lipinski definition) is 35. The molecule has 612 valence electrons. The third-order valence-electron chi connectivity index (χ3n) is 19.9. The van der Waals surface area contributed by atoms with Gasteiger partial charge < -0.3 is 192 Å². The van der Waals surface area contributed by atoms with Gasteiger partial charge in [-0.05, 0) is 86.8 Å². The van der Waals surface area contributed by atoms with Gasteiger partial charge in [-0.15, -0.1) is 0 Å². The predicted octanol–water partition coefficient (Wildman–Crippen LogP) is -13.3. The molecule has 14 heterocycles. The van der Waals surface area contributed by atoms with Gasteiger partial charge in [0.05, 0.1) is 50.8 Å². The molecule has 14 aliphatic rings. The predicted molar refractivity (Wildman–Crippen MR) is 387 cm³/mol. The summed E-state index contributed by atoms with van der Waals surface area (Å²) in [5.74, 6) is -1.22. The van der Waals surface area contributed by atoms with Crippen LogP contribution in [0, 0.1) is 11.8 Å². The molecule has 106 heavy (non-hydrogen) atoms. The molecule has 28 N–H and O–H groups in total. The molecule has 0 aromatic heterocycles. The van der Waals surface area contributed by atoms with E-state index in [9.17, 15) is 91.9 Å². The van der Waals surface area contributed by atoms with Crippen LogP contribution in [0.1, 0.15) is 38.5 Å². The van der Waals surface area contributed by atoms with Gasteiger partial charge in [0.2, 0.25) is 0 Å². The summed E-state index contributed by atoms with van der Waals surface area (Å²) in [7, 11) is 0. The molecule has 0 radical (unpaired) electrons. The maximum atomic E-state index is 11.5. The van der Waals surface area contributed by atoms with Crippen LogP contribution in [0.25, 0.3) is 0 Å². The number of nitrogens with zero attached hydrogens (tertiary/aromatic N) is 2. The van der Waals surface area contributed by atoms with Crippen LogP contribution >= 0.6 is 61.1 Å². The normalized spacial score (nSPS) is 39.4. The molecular weight excluding hydrogens is 1510 g/mol. The summed E-state index contributed by atoms with van der Waals surface area (Å²) in [5.41, 5.74) is 0. The van der Waals surface area contributed by atoms with E-state index >= 15 is 0 Å². The fourth-order valence-electron chi connectivity index (χ4n) is 13.7. The van der Waals surface area contributed by atoms with Crippen molar-refractivity contribution in [3.8, 4) is 0 Å². The minimum absolute atomic E-state index is 0.0266. The van der Waals surface area contributed by atoms with Crippen LogP contribution in [0.3, 0.4) is 0 Å². The van der Waals surface area contributed by atoms with Crippen LogP contribution in [-0.4, -0.2) is 430 Å². The lowest BCUT2D eigenvalue weighted by Gasteiger charge is -2.47. The van der Waals surface area contributed by atoms with Crippen LogP contribution in [-0.2, 0) is 47.4 Å². The van der Waals surface area contributed by atoms with E-state index in [0.717, 1.165) is 0 Å². The average Bonchev–Trinajstić information content (AvgIpc) is 0.790. The fraction of sp³-hybridized carbons (Fsp3) is 0.918. The van der Waals surface area contributed by atoms with Crippen molar-refractivity contribution >= 4 is 86.7 Å². The lowest BCUT2D eigenvalue weighted by molar-refractivity contribution is -0.355. The van der Waals surface area contributed by atoms with Crippen molar-refractivity contribution in [2.24, 2.45) is 11.8 Å². The van der Waals surface area contributed by atoms with Crippen LogP contribution in [0.2, 0.25) is 0 Å². The fourth-order valence-corrected chi connectivity index (χ4v) is 14.7. The van der Waals surface area contributed by atoms with Crippen molar-refractivity contribution in [3.63, 3.8) is 0 Å². The molecule has 0 amide bonds. The molecule has 20 unspecified atom stereocenters. The number of thiocarbonyl (C=S) groups is 5.